The highest BCUT2D eigenvalue weighted by Gasteiger charge is 2.30. The number of methoxy groups -OCH3 is 1. The fourth-order valence-corrected chi connectivity index (χ4v) is 4.03. The van der Waals surface area contributed by atoms with Gasteiger partial charge in [0, 0.05) is 45.0 Å². The number of piperidine rings is 1. The molecule has 7 heteroatoms. The van der Waals surface area contributed by atoms with E-state index in [4.69, 9.17) is 15.2 Å². The Labute approximate surface area is 192 Å². The number of nitrogens with zero attached hydrogens (tertiary/aromatic N) is 1. The van der Waals surface area contributed by atoms with Crippen LogP contribution in [-0.4, -0.2) is 69.5 Å². The molecule has 0 bridgehead atoms. The molecule has 0 aliphatic carbocycles. The number of nitrogens with two attached hydrogens (primary N) is 1. The molecule has 0 aromatic heterocycles. The standard InChI is InChI=1S/C25H39N3O4/c1-20(17-23(29)24(30)18-27-13-7-12-26)28-14-6-11-22(19-28)25(32-16-8-15-31-2)21-9-4-3-5-10-21/h3-5,9-10,22,25,27H,1,6-8,11-19,26H2,2H3. The van der Waals surface area contributed by atoms with E-state index in [2.05, 4.69) is 28.9 Å². The van der Waals surface area contributed by atoms with Gasteiger partial charge in [0.15, 0.2) is 0 Å². The Morgan fingerprint density at radius 1 is 1.22 bits per heavy atom. The Balaban J connectivity index is 1.93. The van der Waals surface area contributed by atoms with E-state index in [1.54, 1.807) is 7.11 Å². The number of hydrogen-bond acceptors (Lipinski definition) is 7. The summed E-state index contributed by atoms with van der Waals surface area (Å²) in [5.41, 5.74) is 7.31. The maximum atomic E-state index is 12.4. The van der Waals surface area contributed by atoms with Crippen molar-refractivity contribution in [3.63, 3.8) is 0 Å². The minimum absolute atomic E-state index is 0.0206. The molecule has 0 radical (unpaired) electrons. The summed E-state index contributed by atoms with van der Waals surface area (Å²) in [6.07, 6.45) is 3.71. The van der Waals surface area contributed by atoms with Crippen LogP contribution in [-0.2, 0) is 19.1 Å². The molecule has 0 spiro atoms. The molecule has 2 unspecified atom stereocenters. The molecule has 1 fully saturated rings. The lowest BCUT2D eigenvalue weighted by Crippen LogP contribution is -2.39. The molecule has 1 heterocycles. The number of Topliss-reactive ketones (excluding diaryl/α,β-unsaturated/α-hetero) is 2. The third-order valence-corrected chi connectivity index (χ3v) is 5.77. The number of carbonyl (C=O) groups is 2. The van der Waals surface area contributed by atoms with E-state index >= 15 is 0 Å². The number of allylic oxidation sites excluding steroid dienone is 1. The number of ether oxygens (including phenoxy) is 2. The number of hydrogen-bond donors (Lipinski definition) is 2. The summed E-state index contributed by atoms with van der Waals surface area (Å²) in [5.74, 6) is -0.512. The Hall–Kier alpha value is -2.06. The van der Waals surface area contributed by atoms with Crippen molar-refractivity contribution in [1.82, 2.24) is 10.2 Å². The van der Waals surface area contributed by atoms with Crippen molar-refractivity contribution in [2.75, 3.05) is 53.0 Å². The van der Waals surface area contributed by atoms with Crippen LogP contribution in [0.5, 0.6) is 0 Å². The van der Waals surface area contributed by atoms with E-state index in [9.17, 15) is 9.59 Å². The lowest BCUT2D eigenvalue weighted by Gasteiger charge is -2.39. The maximum absolute atomic E-state index is 12.4. The van der Waals surface area contributed by atoms with Crippen LogP contribution in [0.15, 0.2) is 42.6 Å². The van der Waals surface area contributed by atoms with E-state index in [0.717, 1.165) is 44.3 Å². The molecular weight excluding hydrogens is 406 g/mol. The van der Waals surface area contributed by atoms with E-state index in [1.807, 2.05) is 18.2 Å². The summed E-state index contributed by atoms with van der Waals surface area (Å²) in [6, 6.07) is 10.3. The van der Waals surface area contributed by atoms with Crippen molar-refractivity contribution in [2.24, 2.45) is 11.7 Å². The number of rotatable bonds is 16. The van der Waals surface area contributed by atoms with Crippen molar-refractivity contribution >= 4 is 11.6 Å². The lowest BCUT2D eigenvalue weighted by molar-refractivity contribution is -0.135. The molecule has 32 heavy (non-hydrogen) atoms. The minimum Gasteiger partial charge on any atom is -0.385 e. The first-order valence-corrected chi connectivity index (χ1v) is 11.6. The van der Waals surface area contributed by atoms with Crippen LogP contribution < -0.4 is 11.1 Å². The molecular formula is C25H39N3O4. The average Bonchev–Trinajstić information content (AvgIpc) is 2.82. The number of nitrogens with one attached hydrogen (secondary N) is 1. The molecule has 1 aliphatic heterocycles. The number of ketones is 2. The number of likely N-dealkylation sites (tertiary alicyclic amines) is 1. The third-order valence-electron chi connectivity index (χ3n) is 5.77. The van der Waals surface area contributed by atoms with E-state index < -0.39 is 11.6 Å². The first kappa shape index (κ1) is 26.2. The quantitative estimate of drug-likeness (QED) is 0.298. The highest BCUT2D eigenvalue weighted by molar-refractivity contribution is 6.38. The Morgan fingerprint density at radius 2 is 2.00 bits per heavy atom. The minimum atomic E-state index is -0.402. The first-order chi connectivity index (χ1) is 15.6. The second-order valence-electron chi connectivity index (χ2n) is 8.31. The zero-order valence-electron chi connectivity index (χ0n) is 19.4. The van der Waals surface area contributed by atoms with Gasteiger partial charge in [-0.25, -0.2) is 0 Å². The molecule has 2 rings (SSSR count). The van der Waals surface area contributed by atoms with Gasteiger partial charge in [-0.1, -0.05) is 36.9 Å². The van der Waals surface area contributed by atoms with Crippen molar-refractivity contribution in [2.45, 2.75) is 38.2 Å². The molecule has 178 valence electrons. The van der Waals surface area contributed by atoms with Gasteiger partial charge in [0.25, 0.3) is 0 Å². The van der Waals surface area contributed by atoms with Gasteiger partial charge in [-0.2, -0.15) is 0 Å². The predicted octanol–water partition coefficient (Wildman–Crippen LogP) is 2.47. The topological polar surface area (TPSA) is 93.9 Å². The average molecular weight is 446 g/mol. The Bertz CT molecular complexity index is 710. The van der Waals surface area contributed by atoms with E-state index in [-0.39, 0.29) is 25.0 Å². The molecule has 1 aromatic rings. The maximum Gasteiger partial charge on any atom is 0.212 e. The summed E-state index contributed by atoms with van der Waals surface area (Å²) >= 11 is 0. The van der Waals surface area contributed by atoms with Gasteiger partial charge in [-0.15, -0.1) is 0 Å². The molecule has 7 nitrogen and oxygen atoms in total. The highest BCUT2D eigenvalue weighted by Crippen LogP contribution is 2.34. The fraction of sp³-hybridized carbons (Fsp3) is 0.600. The van der Waals surface area contributed by atoms with E-state index in [1.165, 1.54) is 0 Å². The molecule has 1 aromatic carbocycles. The van der Waals surface area contributed by atoms with Gasteiger partial charge in [-0.3, -0.25) is 9.59 Å². The zero-order chi connectivity index (χ0) is 23.2. The van der Waals surface area contributed by atoms with Gasteiger partial charge in [0.05, 0.1) is 19.1 Å². The van der Waals surface area contributed by atoms with Gasteiger partial charge in [0.1, 0.15) is 0 Å². The summed E-state index contributed by atoms with van der Waals surface area (Å²) < 4.78 is 11.5. The molecule has 0 saturated carbocycles. The van der Waals surface area contributed by atoms with Crippen LogP contribution in [0.4, 0.5) is 0 Å². The third kappa shape index (κ3) is 8.82. The van der Waals surface area contributed by atoms with Crippen LogP contribution in [0, 0.1) is 5.92 Å². The highest BCUT2D eigenvalue weighted by atomic mass is 16.5. The van der Waals surface area contributed by atoms with Crippen LogP contribution in [0.3, 0.4) is 0 Å². The number of carbonyl (C=O) groups excluding carboxylic acids is 2. The van der Waals surface area contributed by atoms with Crippen LogP contribution in [0.2, 0.25) is 0 Å². The van der Waals surface area contributed by atoms with Gasteiger partial charge in [-0.05, 0) is 44.3 Å². The molecule has 0 amide bonds. The largest absolute Gasteiger partial charge is 0.385 e. The van der Waals surface area contributed by atoms with Crippen LogP contribution >= 0.6 is 0 Å². The van der Waals surface area contributed by atoms with Crippen molar-refractivity contribution < 1.29 is 19.1 Å². The number of benzene rings is 1. The second-order valence-corrected chi connectivity index (χ2v) is 8.31. The van der Waals surface area contributed by atoms with Crippen LogP contribution in [0.1, 0.15) is 43.8 Å². The Morgan fingerprint density at radius 3 is 2.72 bits per heavy atom. The summed E-state index contributed by atoms with van der Waals surface area (Å²) in [5, 5.41) is 2.97. The zero-order valence-corrected chi connectivity index (χ0v) is 19.4. The Kier molecular flexibility index (Phi) is 12.2. The summed E-state index contributed by atoms with van der Waals surface area (Å²) in [4.78, 5) is 26.6. The summed E-state index contributed by atoms with van der Waals surface area (Å²) in [6.45, 7) is 8.28. The molecule has 2 atom stereocenters. The smallest absolute Gasteiger partial charge is 0.212 e. The predicted molar refractivity (Wildman–Crippen MR) is 126 cm³/mol. The lowest BCUT2D eigenvalue weighted by atomic mass is 9.88. The van der Waals surface area contributed by atoms with Crippen molar-refractivity contribution in [3.8, 4) is 0 Å². The fourth-order valence-electron chi connectivity index (χ4n) is 4.03. The van der Waals surface area contributed by atoms with Crippen molar-refractivity contribution in [3.05, 3.63) is 48.2 Å². The van der Waals surface area contributed by atoms with Gasteiger partial charge >= 0.3 is 0 Å². The molecule has 1 aliphatic rings. The molecule has 3 N–H and O–H groups in total. The first-order valence-electron chi connectivity index (χ1n) is 11.6. The SMILES string of the molecule is C=C(CC(=O)C(=O)CNCCCN)N1CCCC(C(OCCCOC)c2ccccc2)C1. The van der Waals surface area contributed by atoms with Crippen molar-refractivity contribution in [1.29, 1.82) is 0 Å². The second kappa shape index (κ2) is 14.9. The van der Waals surface area contributed by atoms with Crippen LogP contribution in [0.25, 0.3) is 0 Å². The van der Waals surface area contributed by atoms with E-state index in [0.29, 0.717) is 32.0 Å². The monoisotopic (exact) mass is 445 g/mol. The van der Waals surface area contributed by atoms with Gasteiger partial charge < -0.3 is 25.4 Å². The molecule has 1 saturated heterocycles. The van der Waals surface area contributed by atoms with Gasteiger partial charge in [0.2, 0.25) is 11.6 Å². The summed E-state index contributed by atoms with van der Waals surface area (Å²) in [7, 11) is 1.70. The normalized spacial score (nSPS) is 17.2.